The fraction of sp³-hybridized carbons (Fsp3) is 0.435. The van der Waals surface area contributed by atoms with Crippen LogP contribution in [0.15, 0.2) is 36.5 Å². The van der Waals surface area contributed by atoms with Crippen LogP contribution in [-0.2, 0) is 13.0 Å². The van der Waals surface area contributed by atoms with Crippen molar-refractivity contribution >= 4 is 16.9 Å². The van der Waals surface area contributed by atoms with E-state index in [4.69, 9.17) is 15.7 Å². The fourth-order valence-electron chi connectivity index (χ4n) is 4.26. The Morgan fingerprint density at radius 2 is 2.27 bits per heavy atom. The van der Waals surface area contributed by atoms with E-state index in [1.165, 1.54) is 17.7 Å². The molecule has 30 heavy (non-hydrogen) atoms. The smallest absolute Gasteiger partial charge is 0.251 e. The maximum atomic E-state index is 12.3. The van der Waals surface area contributed by atoms with Crippen LogP contribution in [0.5, 0.6) is 0 Å². The van der Waals surface area contributed by atoms with Crippen molar-refractivity contribution in [2.75, 3.05) is 19.6 Å². The van der Waals surface area contributed by atoms with Crippen molar-refractivity contribution in [2.45, 2.75) is 45.2 Å². The monoisotopic (exact) mass is 406 g/mol. The van der Waals surface area contributed by atoms with Gasteiger partial charge in [-0.1, -0.05) is 13.0 Å². The molecular weight excluding hydrogens is 376 g/mol. The van der Waals surface area contributed by atoms with E-state index in [0.29, 0.717) is 24.7 Å². The third-order valence-electron chi connectivity index (χ3n) is 5.82. The molecule has 2 aromatic heterocycles. The lowest BCUT2D eigenvalue weighted by Gasteiger charge is -2.33. The third kappa shape index (κ3) is 4.37. The molecule has 0 saturated carbocycles. The molecule has 158 valence electrons. The Morgan fingerprint density at radius 1 is 1.37 bits per heavy atom. The van der Waals surface area contributed by atoms with Crippen molar-refractivity contribution in [3.05, 3.63) is 59.2 Å². The van der Waals surface area contributed by atoms with Crippen LogP contribution in [-0.4, -0.2) is 45.4 Å². The van der Waals surface area contributed by atoms with Crippen LogP contribution in [0.4, 0.5) is 0 Å². The second kappa shape index (κ2) is 9.36. The third-order valence-corrected chi connectivity index (χ3v) is 5.82. The van der Waals surface area contributed by atoms with Crippen molar-refractivity contribution in [3.8, 4) is 0 Å². The normalized spacial score (nSPS) is 16.0. The predicted octanol–water partition coefficient (Wildman–Crippen LogP) is 2.94. The summed E-state index contributed by atoms with van der Waals surface area (Å²) in [6.07, 6.45) is 6.08. The number of hydrogen-bond acceptors (Lipinski definition) is 5. The summed E-state index contributed by atoms with van der Waals surface area (Å²) in [6.45, 7) is 4.99. The maximum Gasteiger partial charge on any atom is 0.251 e. The summed E-state index contributed by atoms with van der Waals surface area (Å²) in [7, 11) is 0. The summed E-state index contributed by atoms with van der Waals surface area (Å²) in [5.41, 5.74) is 10.5. The van der Waals surface area contributed by atoms with Gasteiger partial charge < -0.3 is 16.0 Å². The summed E-state index contributed by atoms with van der Waals surface area (Å²) in [4.78, 5) is 27.6. The average molecular weight is 407 g/mol. The molecule has 0 bridgehead atoms. The van der Waals surface area contributed by atoms with Gasteiger partial charge in [-0.05, 0) is 68.6 Å². The highest BCUT2D eigenvalue weighted by atomic mass is 16.1. The van der Waals surface area contributed by atoms with E-state index >= 15 is 0 Å². The van der Waals surface area contributed by atoms with Crippen molar-refractivity contribution in [3.63, 3.8) is 0 Å². The first-order valence-corrected chi connectivity index (χ1v) is 10.8. The topological polar surface area (TPSA) is 99.9 Å². The van der Waals surface area contributed by atoms with Gasteiger partial charge in [0.05, 0.1) is 29.3 Å². The number of aryl methyl sites for hydroxylation is 1. The van der Waals surface area contributed by atoms with Gasteiger partial charge >= 0.3 is 0 Å². The number of imidazole rings is 1. The van der Waals surface area contributed by atoms with E-state index in [2.05, 4.69) is 28.2 Å². The van der Waals surface area contributed by atoms with Crippen molar-refractivity contribution in [1.82, 2.24) is 25.2 Å². The summed E-state index contributed by atoms with van der Waals surface area (Å²) in [6, 6.07) is 10.1. The lowest BCUT2D eigenvalue weighted by atomic mass is 9.91. The predicted molar refractivity (Wildman–Crippen MR) is 118 cm³/mol. The number of aromatic amines is 1. The Balaban J connectivity index is 1.51. The number of H-pyrrole nitrogens is 1. The molecule has 0 spiro atoms. The van der Waals surface area contributed by atoms with E-state index in [9.17, 15) is 4.79 Å². The molecule has 7 heteroatoms. The minimum Gasteiger partial charge on any atom is -0.352 e. The Labute approximate surface area is 177 Å². The van der Waals surface area contributed by atoms with Gasteiger partial charge in [0.15, 0.2) is 0 Å². The van der Waals surface area contributed by atoms with E-state index in [0.717, 1.165) is 49.2 Å². The van der Waals surface area contributed by atoms with E-state index in [-0.39, 0.29) is 5.91 Å². The fourth-order valence-corrected chi connectivity index (χ4v) is 4.26. The van der Waals surface area contributed by atoms with Crippen LogP contribution in [0.3, 0.4) is 0 Å². The number of hydrogen-bond donors (Lipinski definition) is 3. The number of nitrogens with one attached hydrogen (secondary N) is 2. The van der Waals surface area contributed by atoms with Gasteiger partial charge in [0.1, 0.15) is 5.82 Å². The molecule has 7 nitrogen and oxygen atoms in total. The molecule has 0 radical (unpaired) electrons. The van der Waals surface area contributed by atoms with Crippen LogP contribution in [0, 0.1) is 0 Å². The van der Waals surface area contributed by atoms with Crippen LogP contribution in [0.2, 0.25) is 0 Å². The second-order valence-electron chi connectivity index (χ2n) is 7.83. The lowest BCUT2D eigenvalue weighted by Crippen LogP contribution is -2.32. The average Bonchev–Trinajstić information content (AvgIpc) is 3.19. The first kappa shape index (κ1) is 20.5. The summed E-state index contributed by atoms with van der Waals surface area (Å²) >= 11 is 0. The Hall–Kier alpha value is -2.77. The zero-order valence-electron chi connectivity index (χ0n) is 17.5. The van der Waals surface area contributed by atoms with E-state index < -0.39 is 0 Å². The Morgan fingerprint density at radius 3 is 3.10 bits per heavy atom. The molecule has 0 aliphatic heterocycles. The zero-order chi connectivity index (χ0) is 20.9. The number of nitrogens with zero attached hydrogens (tertiary/aromatic N) is 3. The molecule has 1 amide bonds. The minimum absolute atomic E-state index is 0.0819. The first-order valence-electron chi connectivity index (χ1n) is 10.8. The maximum absolute atomic E-state index is 12.3. The molecule has 2 heterocycles. The molecule has 1 aromatic carbocycles. The van der Waals surface area contributed by atoms with Gasteiger partial charge in [0.2, 0.25) is 0 Å². The van der Waals surface area contributed by atoms with Crippen LogP contribution in [0.1, 0.15) is 59.7 Å². The largest absolute Gasteiger partial charge is 0.352 e. The van der Waals surface area contributed by atoms with Gasteiger partial charge in [0, 0.05) is 18.3 Å². The molecular formula is C23H30N6O. The number of fused-ring (bicyclic) bond motifs is 2. The van der Waals surface area contributed by atoms with Crippen molar-refractivity contribution in [2.24, 2.45) is 5.73 Å². The number of benzene rings is 1. The van der Waals surface area contributed by atoms with Gasteiger partial charge in [-0.2, -0.15) is 0 Å². The highest BCUT2D eigenvalue weighted by Gasteiger charge is 2.27. The molecule has 1 aliphatic carbocycles. The molecule has 4 rings (SSSR count). The standard InChI is InChI=1S/C23H30N6O/c1-2-29(20-8-3-6-16-7-4-12-25-22(16)20)15-21-27-18-10-9-17(14-19(18)28-21)23(30)26-13-5-11-24/h4,7,9-10,12,14,20H,2-3,5-6,8,11,13,15,24H2,1H3,(H,26,30)(H,27,28). The van der Waals surface area contributed by atoms with Crippen molar-refractivity contribution < 1.29 is 4.79 Å². The highest BCUT2D eigenvalue weighted by Crippen LogP contribution is 2.33. The summed E-state index contributed by atoms with van der Waals surface area (Å²) < 4.78 is 0. The minimum atomic E-state index is -0.0819. The van der Waals surface area contributed by atoms with Crippen molar-refractivity contribution in [1.29, 1.82) is 0 Å². The molecule has 1 aliphatic rings. The highest BCUT2D eigenvalue weighted by molar-refractivity contribution is 5.97. The second-order valence-corrected chi connectivity index (χ2v) is 7.83. The molecule has 1 atom stereocenters. The van der Waals surface area contributed by atoms with Crippen LogP contribution in [0.25, 0.3) is 11.0 Å². The summed E-state index contributed by atoms with van der Waals surface area (Å²) in [5.74, 6) is 0.831. The van der Waals surface area contributed by atoms with Crippen LogP contribution < -0.4 is 11.1 Å². The number of nitrogens with two attached hydrogens (primary N) is 1. The van der Waals surface area contributed by atoms with E-state index in [1.807, 2.05) is 30.5 Å². The quantitative estimate of drug-likeness (QED) is 0.500. The summed E-state index contributed by atoms with van der Waals surface area (Å²) in [5, 5.41) is 2.90. The lowest BCUT2D eigenvalue weighted by molar-refractivity contribution is 0.0953. The van der Waals surface area contributed by atoms with Gasteiger partial charge in [0.25, 0.3) is 5.91 Å². The first-order chi connectivity index (χ1) is 14.7. The number of carbonyl (C=O) groups excluding carboxylic acids is 1. The number of pyridine rings is 1. The molecule has 3 aromatic rings. The number of carbonyl (C=O) groups is 1. The molecule has 0 fully saturated rings. The molecule has 0 saturated heterocycles. The molecule has 4 N–H and O–H groups in total. The van der Waals surface area contributed by atoms with Crippen LogP contribution >= 0.6 is 0 Å². The number of amides is 1. The number of aromatic nitrogens is 3. The molecule has 1 unspecified atom stereocenters. The van der Waals surface area contributed by atoms with Gasteiger partial charge in [-0.25, -0.2) is 4.98 Å². The zero-order valence-corrected chi connectivity index (χ0v) is 17.5. The van der Waals surface area contributed by atoms with Gasteiger partial charge in [-0.3, -0.25) is 14.7 Å². The van der Waals surface area contributed by atoms with Gasteiger partial charge in [-0.15, -0.1) is 0 Å². The Kier molecular flexibility index (Phi) is 6.40. The number of rotatable bonds is 8. The Bertz CT molecular complexity index is 1010. The SMILES string of the molecule is CCN(Cc1nc2ccc(C(=O)NCCCN)cc2[nH]1)C1CCCc2cccnc21. The van der Waals surface area contributed by atoms with E-state index in [1.54, 1.807) is 0 Å².